The normalized spacial score (nSPS) is 12.2. The van der Waals surface area contributed by atoms with E-state index in [1.807, 2.05) is 24.3 Å². The number of aromatic nitrogens is 1. The zero-order valence-electron chi connectivity index (χ0n) is 15.0. The highest BCUT2D eigenvalue weighted by Gasteiger charge is 2.20. The van der Waals surface area contributed by atoms with E-state index in [2.05, 4.69) is 60.8 Å². The third-order valence-electron chi connectivity index (χ3n) is 4.92. The van der Waals surface area contributed by atoms with Gasteiger partial charge in [-0.05, 0) is 38.0 Å². The molecular formula is C22H26N2O. The van der Waals surface area contributed by atoms with Gasteiger partial charge < -0.3 is 15.0 Å². The monoisotopic (exact) mass is 334 g/mol. The van der Waals surface area contributed by atoms with Crippen LogP contribution in [0, 0.1) is 0 Å². The minimum Gasteiger partial charge on any atom is -0.508 e. The lowest BCUT2D eigenvalue weighted by molar-refractivity contribution is 0.465. The fourth-order valence-corrected chi connectivity index (χ4v) is 3.58. The Kier molecular flexibility index (Phi) is 5.13. The van der Waals surface area contributed by atoms with Crippen molar-refractivity contribution in [2.75, 3.05) is 18.0 Å². The number of hydrogen-bond acceptors (Lipinski definition) is 2. The van der Waals surface area contributed by atoms with Crippen molar-refractivity contribution in [2.24, 2.45) is 0 Å². The summed E-state index contributed by atoms with van der Waals surface area (Å²) in [6.07, 6.45) is 4.75. The van der Waals surface area contributed by atoms with E-state index in [9.17, 15) is 5.11 Å². The van der Waals surface area contributed by atoms with Crippen molar-refractivity contribution < 1.29 is 5.11 Å². The molecule has 0 amide bonds. The second kappa shape index (κ2) is 7.47. The van der Waals surface area contributed by atoms with Crippen LogP contribution in [0.5, 0.6) is 5.75 Å². The molecule has 1 heterocycles. The number of allylic oxidation sites excluding steroid dienone is 1. The average Bonchev–Trinajstić information content (AvgIpc) is 3.05. The van der Waals surface area contributed by atoms with Gasteiger partial charge >= 0.3 is 0 Å². The average molecular weight is 334 g/mol. The number of phenolic OH excluding ortho intramolecular Hbond substituents is 1. The van der Waals surface area contributed by atoms with E-state index in [-0.39, 0.29) is 5.92 Å². The summed E-state index contributed by atoms with van der Waals surface area (Å²) in [7, 11) is 0. The van der Waals surface area contributed by atoms with E-state index >= 15 is 0 Å². The first-order chi connectivity index (χ1) is 12.2. The number of hydrogen-bond donors (Lipinski definition) is 2. The molecule has 25 heavy (non-hydrogen) atoms. The Balaban J connectivity index is 2.05. The molecule has 0 saturated carbocycles. The number of aromatic hydroxyl groups is 1. The van der Waals surface area contributed by atoms with Gasteiger partial charge in [-0.15, -0.1) is 6.58 Å². The third-order valence-corrected chi connectivity index (χ3v) is 4.92. The Hall–Kier alpha value is -2.68. The molecule has 0 fully saturated rings. The number of rotatable bonds is 7. The molecule has 0 spiro atoms. The lowest BCUT2D eigenvalue weighted by Crippen LogP contribution is -2.21. The summed E-state index contributed by atoms with van der Waals surface area (Å²) < 4.78 is 0. The van der Waals surface area contributed by atoms with Crippen LogP contribution in [0.15, 0.2) is 61.3 Å². The maximum Gasteiger partial charge on any atom is 0.121 e. The highest BCUT2D eigenvalue weighted by atomic mass is 16.3. The summed E-state index contributed by atoms with van der Waals surface area (Å²) in [6, 6.07) is 14.3. The molecule has 1 atom stereocenters. The number of phenols is 1. The second-order valence-corrected chi connectivity index (χ2v) is 6.28. The largest absolute Gasteiger partial charge is 0.508 e. The zero-order chi connectivity index (χ0) is 17.8. The van der Waals surface area contributed by atoms with Crippen LogP contribution in [0.1, 0.15) is 37.3 Å². The molecule has 0 saturated heterocycles. The summed E-state index contributed by atoms with van der Waals surface area (Å²) in [5.41, 5.74) is 4.32. The van der Waals surface area contributed by atoms with Crippen molar-refractivity contribution in [2.45, 2.75) is 26.2 Å². The van der Waals surface area contributed by atoms with E-state index in [0.717, 1.165) is 36.3 Å². The number of fused-ring (bicyclic) bond motifs is 1. The van der Waals surface area contributed by atoms with Gasteiger partial charge in [-0.25, -0.2) is 0 Å². The predicted molar refractivity (Wildman–Crippen MR) is 107 cm³/mol. The third kappa shape index (κ3) is 3.27. The number of benzene rings is 2. The lowest BCUT2D eigenvalue weighted by Gasteiger charge is -2.23. The van der Waals surface area contributed by atoms with Gasteiger partial charge in [0.25, 0.3) is 0 Å². The molecule has 130 valence electrons. The van der Waals surface area contributed by atoms with Crippen molar-refractivity contribution in [3.63, 3.8) is 0 Å². The van der Waals surface area contributed by atoms with Crippen molar-refractivity contribution >= 4 is 16.6 Å². The van der Waals surface area contributed by atoms with Crippen molar-refractivity contribution in [3.05, 3.63) is 72.4 Å². The van der Waals surface area contributed by atoms with E-state index < -0.39 is 0 Å². The van der Waals surface area contributed by atoms with E-state index in [4.69, 9.17) is 0 Å². The van der Waals surface area contributed by atoms with Crippen LogP contribution in [0.3, 0.4) is 0 Å². The van der Waals surface area contributed by atoms with Gasteiger partial charge in [0.15, 0.2) is 0 Å². The Morgan fingerprint density at radius 1 is 1.12 bits per heavy atom. The Labute approximate surface area is 149 Å². The number of nitrogens with one attached hydrogen (secondary N) is 1. The molecule has 2 aromatic carbocycles. The topological polar surface area (TPSA) is 39.3 Å². The summed E-state index contributed by atoms with van der Waals surface area (Å²) in [4.78, 5) is 5.57. The van der Waals surface area contributed by atoms with Crippen LogP contribution >= 0.6 is 0 Å². The van der Waals surface area contributed by atoms with E-state index in [0.29, 0.717) is 5.75 Å². The molecule has 1 unspecified atom stereocenters. The SMILES string of the molecule is C=CCC(c1ccc(N(CC)CC)cc1O)c1c[nH]c2ccccc12. The Morgan fingerprint density at radius 2 is 1.88 bits per heavy atom. The lowest BCUT2D eigenvalue weighted by atomic mass is 9.87. The number of nitrogens with zero attached hydrogens (tertiary/aromatic N) is 1. The molecule has 3 rings (SSSR count). The van der Waals surface area contributed by atoms with Crippen LogP contribution in [0.4, 0.5) is 5.69 Å². The van der Waals surface area contributed by atoms with Gasteiger partial charge in [-0.2, -0.15) is 0 Å². The molecule has 0 aliphatic heterocycles. The maximum absolute atomic E-state index is 10.7. The molecule has 3 heteroatoms. The maximum atomic E-state index is 10.7. The predicted octanol–water partition coefficient (Wildman–Crippen LogP) is 5.43. The second-order valence-electron chi connectivity index (χ2n) is 6.28. The molecule has 3 nitrogen and oxygen atoms in total. The van der Waals surface area contributed by atoms with Crippen molar-refractivity contribution in [3.8, 4) is 5.75 Å². The molecule has 0 aliphatic rings. The highest BCUT2D eigenvalue weighted by molar-refractivity contribution is 5.84. The minimum absolute atomic E-state index is 0.0828. The van der Waals surface area contributed by atoms with E-state index in [1.54, 1.807) is 0 Å². The Morgan fingerprint density at radius 3 is 2.56 bits per heavy atom. The highest BCUT2D eigenvalue weighted by Crippen LogP contribution is 2.39. The van der Waals surface area contributed by atoms with Crippen molar-refractivity contribution in [1.82, 2.24) is 4.98 Å². The molecule has 3 aromatic rings. The van der Waals surface area contributed by atoms with Crippen LogP contribution in [0.2, 0.25) is 0 Å². The van der Waals surface area contributed by atoms with Crippen LogP contribution in [-0.4, -0.2) is 23.2 Å². The first kappa shape index (κ1) is 17.2. The summed E-state index contributed by atoms with van der Waals surface area (Å²) in [5, 5.41) is 11.9. The molecule has 1 aromatic heterocycles. The number of anilines is 1. The summed E-state index contributed by atoms with van der Waals surface area (Å²) in [5.74, 6) is 0.431. The van der Waals surface area contributed by atoms with Gasteiger partial charge in [0.2, 0.25) is 0 Å². The summed E-state index contributed by atoms with van der Waals surface area (Å²) >= 11 is 0. The molecule has 0 radical (unpaired) electrons. The smallest absolute Gasteiger partial charge is 0.121 e. The first-order valence-corrected chi connectivity index (χ1v) is 8.94. The molecule has 0 aliphatic carbocycles. The van der Waals surface area contributed by atoms with Gasteiger partial charge in [0.05, 0.1) is 0 Å². The zero-order valence-corrected chi connectivity index (χ0v) is 15.0. The number of H-pyrrole nitrogens is 1. The summed E-state index contributed by atoms with van der Waals surface area (Å²) in [6.45, 7) is 10.0. The van der Waals surface area contributed by atoms with Gasteiger partial charge in [0.1, 0.15) is 5.75 Å². The number of aromatic amines is 1. The fourth-order valence-electron chi connectivity index (χ4n) is 3.58. The quantitative estimate of drug-likeness (QED) is 0.566. The number of para-hydroxylation sites is 1. The molecule has 0 bridgehead atoms. The van der Waals surface area contributed by atoms with Gasteiger partial charge in [0, 0.05) is 53.4 Å². The first-order valence-electron chi connectivity index (χ1n) is 8.94. The van der Waals surface area contributed by atoms with Gasteiger partial charge in [-0.1, -0.05) is 30.3 Å². The molecular weight excluding hydrogens is 308 g/mol. The van der Waals surface area contributed by atoms with E-state index in [1.165, 1.54) is 10.9 Å². The Bertz CT molecular complexity index is 861. The molecule has 2 N–H and O–H groups in total. The van der Waals surface area contributed by atoms with Gasteiger partial charge in [-0.3, -0.25) is 0 Å². The van der Waals surface area contributed by atoms with Crippen molar-refractivity contribution in [1.29, 1.82) is 0 Å². The standard InChI is InChI=1S/C22H26N2O/c1-4-9-17(20-15-23-21-11-8-7-10-18(20)21)19-13-12-16(14-22(19)25)24(5-2)6-3/h4,7-8,10-15,17,23,25H,1,5-6,9H2,2-3H3. The van der Waals surface area contributed by atoms with Crippen LogP contribution in [-0.2, 0) is 0 Å². The fraction of sp³-hybridized carbons (Fsp3) is 0.273. The van der Waals surface area contributed by atoms with Crippen LogP contribution < -0.4 is 4.90 Å². The van der Waals surface area contributed by atoms with Crippen LogP contribution in [0.25, 0.3) is 10.9 Å². The minimum atomic E-state index is 0.0828.